The molecule has 5 nitrogen and oxygen atoms in total. The normalized spacial score (nSPS) is 9.86. The molecule has 1 aromatic heterocycles. The van der Waals surface area contributed by atoms with Crippen LogP contribution in [0.1, 0.15) is 0 Å². The maximum atomic E-state index is 10.8. The van der Waals surface area contributed by atoms with Crippen molar-refractivity contribution >= 4 is 35.0 Å². The van der Waals surface area contributed by atoms with E-state index in [2.05, 4.69) is 14.7 Å². The number of halogens is 1. The Morgan fingerprint density at radius 3 is 3.07 bits per heavy atom. The van der Waals surface area contributed by atoms with Gasteiger partial charge in [-0.05, 0) is 0 Å². The molecule has 1 rings (SSSR count). The van der Waals surface area contributed by atoms with Gasteiger partial charge in [0.1, 0.15) is 17.0 Å². The van der Waals surface area contributed by atoms with Gasteiger partial charge in [0.25, 0.3) is 0 Å². The summed E-state index contributed by atoms with van der Waals surface area (Å²) in [5.74, 6) is -0.197. The Morgan fingerprint density at radius 1 is 1.71 bits per heavy atom. The number of hydrogen-bond donors (Lipinski definition) is 1. The molecule has 0 aromatic carbocycles. The molecule has 0 saturated carbocycles. The van der Waals surface area contributed by atoms with E-state index in [1.165, 1.54) is 13.4 Å². The van der Waals surface area contributed by atoms with E-state index in [-0.39, 0.29) is 22.6 Å². The first kappa shape index (κ1) is 11.1. The molecule has 0 fully saturated rings. The van der Waals surface area contributed by atoms with Crippen LogP contribution in [-0.4, -0.2) is 28.8 Å². The van der Waals surface area contributed by atoms with E-state index in [1.54, 1.807) is 0 Å². The van der Waals surface area contributed by atoms with Gasteiger partial charge in [-0.25, -0.2) is 9.97 Å². The van der Waals surface area contributed by atoms with Gasteiger partial charge in [0, 0.05) is 0 Å². The van der Waals surface area contributed by atoms with E-state index in [9.17, 15) is 4.79 Å². The van der Waals surface area contributed by atoms with Crippen molar-refractivity contribution in [2.45, 2.75) is 5.03 Å². The second-order valence-electron chi connectivity index (χ2n) is 2.25. The molecule has 0 aliphatic heterocycles. The summed E-state index contributed by atoms with van der Waals surface area (Å²) < 4.78 is 4.47. The molecule has 76 valence electrons. The van der Waals surface area contributed by atoms with Crippen LogP contribution in [0.15, 0.2) is 11.4 Å². The zero-order valence-electron chi connectivity index (χ0n) is 7.36. The van der Waals surface area contributed by atoms with Gasteiger partial charge >= 0.3 is 5.97 Å². The van der Waals surface area contributed by atoms with Gasteiger partial charge < -0.3 is 10.5 Å². The highest BCUT2D eigenvalue weighted by Crippen LogP contribution is 2.26. The number of nitrogen functional groups attached to an aromatic ring is 1. The Kier molecular flexibility index (Phi) is 3.97. The lowest BCUT2D eigenvalue weighted by molar-refractivity contribution is -0.137. The molecule has 0 aliphatic carbocycles. The topological polar surface area (TPSA) is 78.1 Å². The van der Waals surface area contributed by atoms with Crippen molar-refractivity contribution in [3.63, 3.8) is 0 Å². The Hall–Kier alpha value is -1.01. The fourth-order valence-corrected chi connectivity index (χ4v) is 1.60. The third kappa shape index (κ3) is 2.74. The van der Waals surface area contributed by atoms with Crippen molar-refractivity contribution in [1.29, 1.82) is 0 Å². The minimum atomic E-state index is -0.343. The van der Waals surface area contributed by atoms with Crippen LogP contribution in [-0.2, 0) is 9.53 Å². The number of carbonyl (C=O) groups excluding carboxylic acids is 1. The Bertz CT molecular complexity index is 348. The number of nitrogens with zero attached hydrogens (tertiary/aromatic N) is 2. The van der Waals surface area contributed by atoms with E-state index >= 15 is 0 Å². The van der Waals surface area contributed by atoms with Gasteiger partial charge in [0.15, 0.2) is 5.15 Å². The third-order valence-electron chi connectivity index (χ3n) is 1.35. The molecule has 2 N–H and O–H groups in total. The number of thioether (sulfide) groups is 1. The number of carbonyl (C=O) groups is 1. The summed E-state index contributed by atoms with van der Waals surface area (Å²) in [5, 5.41) is 0.669. The number of rotatable bonds is 3. The molecule has 0 bridgehead atoms. The molecule has 0 aliphatic rings. The van der Waals surface area contributed by atoms with Gasteiger partial charge in [0.2, 0.25) is 0 Å². The molecule has 1 aromatic rings. The van der Waals surface area contributed by atoms with Crippen molar-refractivity contribution < 1.29 is 9.53 Å². The molecule has 14 heavy (non-hydrogen) atoms. The highest BCUT2D eigenvalue weighted by atomic mass is 35.5. The van der Waals surface area contributed by atoms with Crippen LogP contribution in [0.25, 0.3) is 0 Å². The van der Waals surface area contributed by atoms with Crippen LogP contribution in [0.4, 0.5) is 5.69 Å². The van der Waals surface area contributed by atoms with Gasteiger partial charge in [-0.3, -0.25) is 4.79 Å². The monoisotopic (exact) mass is 233 g/mol. The molecule has 0 saturated heterocycles. The lowest BCUT2D eigenvalue weighted by Gasteiger charge is -2.03. The average molecular weight is 234 g/mol. The number of ether oxygens (including phenoxy) is 1. The van der Waals surface area contributed by atoms with Crippen molar-refractivity contribution in [2.24, 2.45) is 0 Å². The van der Waals surface area contributed by atoms with Crippen molar-refractivity contribution in [3.05, 3.63) is 11.5 Å². The highest BCUT2D eigenvalue weighted by Gasteiger charge is 2.09. The number of aromatic nitrogens is 2. The van der Waals surface area contributed by atoms with Crippen molar-refractivity contribution in [1.82, 2.24) is 9.97 Å². The number of methoxy groups -OCH3 is 1. The fourth-order valence-electron chi connectivity index (χ4n) is 0.661. The first-order valence-corrected chi connectivity index (χ1v) is 4.97. The maximum Gasteiger partial charge on any atom is 0.316 e. The summed E-state index contributed by atoms with van der Waals surface area (Å²) in [6.45, 7) is 0. The zero-order valence-corrected chi connectivity index (χ0v) is 8.93. The van der Waals surface area contributed by atoms with E-state index in [0.29, 0.717) is 5.03 Å². The molecular weight excluding hydrogens is 226 g/mol. The Balaban J connectivity index is 2.68. The largest absolute Gasteiger partial charge is 0.468 e. The van der Waals surface area contributed by atoms with Gasteiger partial charge in [-0.15, -0.1) is 0 Å². The molecule has 0 atom stereocenters. The van der Waals surface area contributed by atoms with Gasteiger partial charge in [0.05, 0.1) is 12.9 Å². The van der Waals surface area contributed by atoms with E-state index in [0.717, 1.165) is 11.8 Å². The van der Waals surface area contributed by atoms with Crippen LogP contribution in [0.5, 0.6) is 0 Å². The second kappa shape index (κ2) is 5.02. The Labute approximate surface area is 90.0 Å². The molecule has 0 radical (unpaired) electrons. The van der Waals surface area contributed by atoms with Gasteiger partial charge in [-0.2, -0.15) is 0 Å². The minimum absolute atomic E-state index is 0.147. The predicted molar refractivity (Wildman–Crippen MR) is 54.2 cm³/mol. The van der Waals surface area contributed by atoms with Crippen LogP contribution >= 0.6 is 23.4 Å². The smallest absolute Gasteiger partial charge is 0.316 e. The number of hydrogen-bond acceptors (Lipinski definition) is 6. The molecule has 0 unspecified atom stereocenters. The summed E-state index contributed by atoms with van der Waals surface area (Å²) in [7, 11) is 1.32. The summed E-state index contributed by atoms with van der Waals surface area (Å²) in [5.41, 5.74) is 5.86. The number of nitrogens with two attached hydrogens (primary N) is 1. The van der Waals surface area contributed by atoms with Crippen molar-refractivity contribution in [3.8, 4) is 0 Å². The molecule has 0 spiro atoms. The maximum absolute atomic E-state index is 10.8. The quantitative estimate of drug-likeness (QED) is 0.476. The SMILES string of the molecule is COC(=O)CSc1ncnc(Cl)c1N. The summed E-state index contributed by atoms with van der Waals surface area (Å²) in [6.07, 6.45) is 1.29. The summed E-state index contributed by atoms with van der Waals surface area (Å²) in [4.78, 5) is 18.4. The average Bonchev–Trinajstić information content (AvgIpc) is 2.20. The molecule has 0 amide bonds. The van der Waals surface area contributed by atoms with Crippen LogP contribution in [0, 0.1) is 0 Å². The lowest BCUT2D eigenvalue weighted by atomic mass is 10.6. The highest BCUT2D eigenvalue weighted by molar-refractivity contribution is 8.00. The van der Waals surface area contributed by atoms with E-state index < -0.39 is 0 Å². The Morgan fingerprint density at radius 2 is 2.43 bits per heavy atom. The van der Waals surface area contributed by atoms with Crippen LogP contribution < -0.4 is 5.73 Å². The first-order chi connectivity index (χ1) is 6.65. The predicted octanol–water partition coefficient (Wildman–Crippen LogP) is 0.977. The number of esters is 1. The lowest BCUT2D eigenvalue weighted by Crippen LogP contribution is -2.04. The second-order valence-corrected chi connectivity index (χ2v) is 3.57. The van der Waals surface area contributed by atoms with E-state index in [1.807, 2.05) is 0 Å². The van der Waals surface area contributed by atoms with Crippen LogP contribution in [0.3, 0.4) is 0 Å². The fraction of sp³-hybridized carbons (Fsp3) is 0.286. The third-order valence-corrected chi connectivity index (χ3v) is 2.63. The first-order valence-electron chi connectivity index (χ1n) is 3.60. The number of anilines is 1. The van der Waals surface area contributed by atoms with E-state index in [4.69, 9.17) is 17.3 Å². The molecular formula is C7H8ClN3O2S. The standard InChI is InChI=1S/C7H8ClN3O2S/c1-13-4(12)2-14-7-5(9)6(8)10-3-11-7/h3H,2,9H2,1H3. The zero-order chi connectivity index (χ0) is 10.6. The van der Waals surface area contributed by atoms with Crippen LogP contribution in [0.2, 0.25) is 5.15 Å². The van der Waals surface area contributed by atoms with Gasteiger partial charge in [-0.1, -0.05) is 23.4 Å². The van der Waals surface area contributed by atoms with Crippen molar-refractivity contribution in [2.75, 3.05) is 18.6 Å². The summed E-state index contributed by atoms with van der Waals surface area (Å²) in [6, 6.07) is 0. The minimum Gasteiger partial charge on any atom is -0.468 e. The molecule has 1 heterocycles. The summed E-state index contributed by atoms with van der Waals surface area (Å²) >= 11 is 6.82. The molecule has 7 heteroatoms.